The molecule has 0 aliphatic carbocycles. The summed E-state index contributed by atoms with van der Waals surface area (Å²) in [7, 11) is 0. The van der Waals surface area contributed by atoms with Gasteiger partial charge < -0.3 is 31.1 Å². The molecule has 48 heavy (non-hydrogen) atoms. The topological polar surface area (TPSA) is 139 Å². The molecule has 8 nitrogen and oxygen atoms in total. The highest BCUT2D eigenvalue weighted by Gasteiger charge is 2.27. The highest BCUT2D eigenvalue weighted by molar-refractivity contribution is 6.16. The van der Waals surface area contributed by atoms with Crippen LogP contribution in [0.25, 0.3) is 32.7 Å². The molecule has 6 aromatic carbocycles. The summed E-state index contributed by atoms with van der Waals surface area (Å²) in [4.78, 5) is 27.5. The van der Waals surface area contributed by atoms with Gasteiger partial charge in [0, 0.05) is 11.1 Å². The van der Waals surface area contributed by atoms with Gasteiger partial charge in [-0.2, -0.15) is 0 Å². The highest BCUT2D eigenvalue weighted by Crippen LogP contribution is 2.47. The van der Waals surface area contributed by atoms with Crippen molar-refractivity contribution in [1.29, 1.82) is 0 Å². The Bertz CT molecular complexity index is 1930. The molecule has 0 aromatic heterocycles. The standard InChI is InChI=1S/C40H36N2O6/c43-23-29(19-25-11-3-1-4-12-25)41-39(47)33-21-27-15-7-9-17-31(27)35(37(33)45)36-32-18-10-8-16-28(32)22-34(38(36)46)40(48)42-30(24-44)20-26-13-5-2-6-14-26/h1-18,21-22,29-30,43-46H,19-20,23-24H2,(H,41,47)(H,42,48)/t29-,30-/m0/s1. The fourth-order valence-electron chi connectivity index (χ4n) is 6.17. The van der Waals surface area contributed by atoms with Crippen molar-refractivity contribution in [1.82, 2.24) is 10.6 Å². The molecule has 242 valence electrons. The second-order valence-electron chi connectivity index (χ2n) is 11.8. The molecular weight excluding hydrogens is 604 g/mol. The van der Waals surface area contributed by atoms with Gasteiger partial charge in [-0.3, -0.25) is 9.59 Å². The van der Waals surface area contributed by atoms with E-state index in [4.69, 9.17) is 0 Å². The van der Waals surface area contributed by atoms with Crippen molar-refractivity contribution in [2.45, 2.75) is 24.9 Å². The first-order chi connectivity index (χ1) is 23.4. The molecule has 0 fully saturated rings. The van der Waals surface area contributed by atoms with Gasteiger partial charge >= 0.3 is 0 Å². The molecule has 0 heterocycles. The van der Waals surface area contributed by atoms with Crippen molar-refractivity contribution >= 4 is 33.4 Å². The monoisotopic (exact) mass is 640 g/mol. The molecule has 0 saturated carbocycles. The summed E-state index contributed by atoms with van der Waals surface area (Å²) in [5.74, 6) is -1.95. The SMILES string of the molecule is O=C(N[C@H](CO)Cc1ccccc1)c1cc2ccccc2c(-c2c(O)c(C(=O)N[C@H](CO)Cc3ccccc3)cc3ccccc23)c1O. The Morgan fingerprint density at radius 1 is 0.521 bits per heavy atom. The van der Waals surface area contributed by atoms with Crippen LogP contribution in [0.3, 0.4) is 0 Å². The number of benzene rings is 6. The molecular formula is C40H36N2O6. The number of hydrogen-bond donors (Lipinski definition) is 6. The van der Waals surface area contributed by atoms with Crippen LogP contribution in [0.15, 0.2) is 121 Å². The van der Waals surface area contributed by atoms with Crippen LogP contribution in [0.2, 0.25) is 0 Å². The second kappa shape index (κ2) is 14.4. The zero-order valence-corrected chi connectivity index (χ0v) is 26.1. The number of phenolic OH excluding ortho intramolecular Hbond substituents is 2. The average molecular weight is 641 g/mol. The zero-order valence-electron chi connectivity index (χ0n) is 26.1. The van der Waals surface area contributed by atoms with E-state index in [1.807, 2.05) is 60.7 Å². The molecule has 2 atom stereocenters. The average Bonchev–Trinajstić information content (AvgIpc) is 3.11. The molecule has 0 bridgehead atoms. The Balaban J connectivity index is 1.44. The van der Waals surface area contributed by atoms with E-state index in [0.29, 0.717) is 34.4 Å². The predicted molar refractivity (Wildman–Crippen MR) is 187 cm³/mol. The van der Waals surface area contributed by atoms with Gasteiger partial charge in [-0.25, -0.2) is 0 Å². The summed E-state index contributed by atoms with van der Waals surface area (Å²) in [6.07, 6.45) is 0.762. The Labute approximate surface area is 277 Å². The van der Waals surface area contributed by atoms with Gasteiger partial charge in [0.2, 0.25) is 0 Å². The molecule has 2 amide bonds. The maximum absolute atomic E-state index is 13.7. The lowest BCUT2D eigenvalue weighted by molar-refractivity contribution is 0.0906. The summed E-state index contributed by atoms with van der Waals surface area (Å²) in [6, 6.07) is 35.2. The van der Waals surface area contributed by atoms with Gasteiger partial charge in [0.15, 0.2) is 0 Å². The number of amides is 2. The summed E-state index contributed by atoms with van der Waals surface area (Å²) in [5, 5.41) is 52.0. The lowest BCUT2D eigenvalue weighted by Crippen LogP contribution is -2.39. The van der Waals surface area contributed by atoms with Crippen LogP contribution in [0, 0.1) is 0 Å². The van der Waals surface area contributed by atoms with E-state index in [9.17, 15) is 30.0 Å². The third-order valence-electron chi connectivity index (χ3n) is 8.54. The number of fused-ring (bicyclic) bond motifs is 2. The number of aromatic hydroxyl groups is 2. The van der Waals surface area contributed by atoms with Crippen LogP contribution in [0.1, 0.15) is 31.8 Å². The highest BCUT2D eigenvalue weighted by atomic mass is 16.3. The lowest BCUT2D eigenvalue weighted by Gasteiger charge is -2.21. The zero-order chi connectivity index (χ0) is 33.6. The second-order valence-corrected chi connectivity index (χ2v) is 11.8. The van der Waals surface area contributed by atoms with E-state index in [1.54, 1.807) is 60.7 Å². The molecule has 6 N–H and O–H groups in total. The number of rotatable bonds is 11. The minimum Gasteiger partial charge on any atom is -0.506 e. The number of aliphatic hydroxyl groups is 2. The van der Waals surface area contributed by atoms with Gasteiger partial charge in [-0.15, -0.1) is 0 Å². The van der Waals surface area contributed by atoms with Gasteiger partial charge in [0.05, 0.1) is 36.4 Å². The molecule has 0 saturated heterocycles. The Morgan fingerprint density at radius 2 is 0.875 bits per heavy atom. The first-order valence-electron chi connectivity index (χ1n) is 15.8. The summed E-state index contributed by atoms with van der Waals surface area (Å²) >= 11 is 0. The van der Waals surface area contributed by atoms with Crippen molar-refractivity contribution in [2.75, 3.05) is 13.2 Å². The molecule has 0 unspecified atom stereocenters. The lowest BCUT2D eigenvalue weighted by atomic mass is 9.88. The maximum Gasteiger partial charge on any atom is 0.255 e. The summed E-state index contributed by atoms with van der Waals surface area (Å²) in [5.41, 5.74) is 2.15. The van der Waals surface area contributed by atoms with Crippen molar-refractivity contribution in [3.8, 4) is 22.6 Å². The fourth-order valence-corrected chi connectivity index (χ4v) is 6.17. The Hall–Kier alpha value is -5.70. The van der Waals surface area contributed by atoms with Crippen molar-refractivity contribution < 1.29 is 30.0 Å². The molecule has 6 rings (SSSR count). The number of phenols is 2. The van der Waals surface area contributed by atoms with Gasteiger partial charge in [0.1, 0.15) is 11.5 Å². The fraction of sp³-hybridized carbons (Fsp3) is 0.150. The Kier molecular flexibility index (Phi) is 9.66. The first-order valence-corrected chi connectivity index (χ1v) is 15.8. The summed E-state index contributed by atoms with van der Waals surface area (Å²) < 4.78 is 0. The van der Waals surface area contributed by atoms with Crippen LogP contribution in [0.4, 0.5) is 0 Å². The largest absolute Gasteiger partial charge is 0.506 e. The van der Waals surface area contributed by atoms with Crippen LogP contribution in [-0.4, -0.2) is 57.5 Å². The van der Waals surface area contributed by atoms with Gasteiger partial charge in [0.25, 0.3) is 11.8 Å². The molecule has 0 radical (unpaired) electrons. The van der Waals surface area contributed by atoms with Crippen molar-refractivity contribution in [3.05, 3.63) is 144 Å². The predicted octanol–water partition coefficient (Wildman–Crippen LogP) is 5.74. The number of carbonyl (C=O) groups excluding carboxylic acids is 2. The molecule has 0 spiro atoms. The molecule has 0 aliphatic heterocycles. The van der Waals surface area contributed by atoms with E-state index in [0.717, 1.165) is 11.1 Å². The van der Waals surface area contributed by atoms with E-state index >= 15 is 0 Å². The van der Waals surface area contributed by atoms with E-state index in [2.05, 4.69) is 10.6 Å². The minimum atomic E-state index is -0.620. The quantitative estimate of drug-likeness (QED) is 0.107. The van der Waals surface area contributed by atoms with E-state index < -0.39 is 23.9 Å². The van der Waals surface area contributed by atoms with E-state index in [-0.39, 0.29) is 47.0 Å². The third-order valence-corrected chi connectivity index (χ3v) is 8.54. The maximum atomic E-state index is 13.7. The number of nitrogens with one attached hydrogen (secondary N) is 2. The van der Waals surface area contributed by atoms with Crippen LogP contribution < -0.4 is 10.6 Å². The van der Waals surface area contributed by atoms with Gasteiger partial charge in [-0.1, -0.05) is 109 Å². The Morgan fingerprint density at radius 3 is 1.25 bits per heavy atom. The van der Waals surface area contributed by atoms with Crippen molar-refractivity contribution in [3.63, 3.8) is 0 Å². The smallest absolute Gasteiger partial charge is 0.255 e. The van der Waals surface area contributed by atoms with Crippen LogP contribution >= 0.6 is 0 Å². The third kappa shape index (κ3) is 6.71. The van der Waals surface area contributed by atoms with Crippen LogP contribution in [0.5, 0.6) is 11.5 Å². The minimum absolute atomic E-state index is 0.0447. The van der Waals surface area contributed by atoms with Crippen LogP contribution in [-0.2, 0) is 12.8 Å². The van der Waals surface area contributed by atoms with Gasteiger partial charge in [-0.05, 0) is 57.6 Å². The molecule has 8 heteroatoms. The van der Waals surface area contributed by atoms with Crippen molar-refractivity contribution in [2.24, 2.45) is 0 Å². The normalized spacial score (nSPS) is 12.5. The molecule has 6 aromatic rings. The number of carbonyl (C=O) groups is 2. The summed E-state index contributed by atoms with van der Waals surface area (Å²) in [6.45, 7) is -0.632. The molecule has 0 aliphatic rings. The number of aliphatic hydroxyl groups excluding tert-OH is 2. The van der Waals surface area contributed by atoms with E-state index in [1.165, 1.54) is 0 Å². The first kappa shape index (κ1) is 32.2. The number of hydrogen-bond acceptors (Lipinski definition) is 6.